The summed E-state index contributed by atoms with van der Waals surface area (Å²) in [7, 11) is 0. The highest BCUT2D eigenvalue weighted by molar-refractivity contribution is 7.19. The number of anilines is 1. The number of ether oxygens (including phenoxy) is 1. The van der Waals surface area contributed by atoms with Crippen molar-refractivity contribution in [2.75, 3.05) is 31.1 Å². The zero-order valence-electron chi connectivity index (χ0n) is 14.1. The van der Waals surface area contributed by atoms with E-state index in [1.807, 2.05) is 24.3 Å². The van der Waals surface area contributed by atoms with Crippen LogP contribution in [0.5, 0.6) is 0 Å². The maximum atomic E-state index is 12.6. The Morgan fingerprint density at radius 1 is 1.08 bits per heavy atom. The topological polar surface area (TPSA) is 32.8 Å². The van der Waals surface area contributed by atoms with E-state index in [0.29, 0.717) is 22.5 Å². The average Bonchev–Trinajstić information content (AvgIpc) is 3.23. The maximum absolute atomic E-state index is 12.6. The fraction of sp³-hybridized carbons (Fsp3) is 0.421. The van der Waals surface area contributed by atoms with Crippen LogP contribution in [0.2, 0.25) is 10.0 Å². The van der Waals surface area contributed by atoms with E-state index in [4.69, 9.17) is 27.9 Å². The normalized spacial score (nSPS) is 30.2. The molecule has 5 heterocycles. The highest BCUT2D eigenvalue weighted by Crippen LogP contribution is 2.45. The van der Waals surface area contributed by atoms with Gasteiger partial charge >= 0.3 is 6.09 Å². The lowest BCUT2D eigenvalue weighted by Crippen LogP contribution is -2.61. The molecule has 4 saturated heterocycles. The minimum Gasteiger partial charge on any atom is -0.439 e. The predicted octanol–water partition coefficient (Wildman–Crippen LogP) is 5.14. The third-order valence-electron chi connectivity index (χ3n) is 5.82. The summed E-state index contributed by atoms with van der Waals surface area (Å²) in [5.41, 5.74) is 0.669. The van der Waals surface area contributed by atoms with Crippen LogP contribution in [0.3, 0.4) is 0 Å². The fourth-order valence-electron chi connectivity index (χ4n) is 4.46. The second kappa shape index (κ2) is 6.13. The smallest absolute Gasteiger partial charge is 0.415 e. The van der Waals surface area contributed by atoms with E-state index < -0.39 is 0 Å². The number of halogens is 2. The second-order valence-corrected chi connectivity index (χ2v) is 9.21. The van der Waals surface area contributed by atoms with Crippen molar-refractivity contribution in [3.05, 3.63) is 40.4 Å². The number of nitrogens with zero attached hydrogens (tertiary/aromatic N) is 2. The van der Waals surface area contributed by atoms with Gasteiger partial charge in [-0.1, -0.05) is 29.3 Å². The van der Waals surface area contributed by atoms with Crippen molar-refractivity contribution >= 4 is 45.6 Å². The molecule has 4 aliphatic heterocycles. The van der Waals surface area contributed by atoms with Crippen molar-refractivity contribution in [1.29, 1.82) is 0 Å². The summed E-state index contributed by atoms with van der Waals surface area (Å²) in [6.07, 6.45) is 2.03. The summed E-state index contributed by atoms with van der Waals surface area (Å²) >= 11 is 13.7. The Bertz CT molecular complexity index is 878. The van der Waals surface area contributed by atoms with Gasteiger partial charge in [-0.15, -0.1) is 11.3 Å². The van der Waals surface area contributed by atoms with Gasteiger partial charge in [0.15, 0.2) is 0 Å². The molecule has 0 radical (unpaired) electrons. The molecule has 1 atom stereocenters. The largest absolute Gasteiger partial charge is 0.439 e. The molecule has 2 aromatic rings. The van der Waals surface area contributed by atoms with Crippen molar-refractivity contribution in [2.45, 2.75) is 18.4 Å². The van der Waals surface area contributed by atoms with E-state index in [1.165, 1.54) is 0 Å². The Kier molecular flexibility index (Phi) is 3.98. The Hall–Kier alpha value is -1.27. The molecule has 4 fully saturated rings. The van der Waals surface area contributed by atoms with E-state index >= 15 is 0 Å². The number of fused-ring (bicyclic) bond motifs is 2. The molecule has 1 aromatic carbocycles. The van der Waals surface area contributed by atoms with E-state index in [1.54, 1.807) is 22.3 Å². The Morgan fingerprint density at radius 2 is 1.88 bits per heavy atom. The summed E-state index contributed by atoms with van der Waals surface area (Å²) in [5.74, 6) is 0.482. The zero-order chi connectivity index (χ0) is 17.9. The second-order valence-electron chi connectivity index (χ2n) is 7.34. The first kappa shape index (κ1) is 16.9. The molecule has 1 spiro atoms. The molecule has 6 rings (SSSR count). The van der Waals surface area contributed by atoms with Gasteiger partial charge in [-0.05, 0) is 55.8 Å². The standard InChI is InChI=1S/C19H18Cl2N2O2S/c20-14-2-1-12(9-15(14)21)16-3-4-17(26-16)23-11-19(25-18(23)24)10-22-7-5-13(19)6-8-22/h1-4,9,13H,5-8,10-11H2. The third-order valence-corrected chi connectivity index (χ3v) is 7.72. The summed E-state index contributed by atoms with van der Waals surface area (Å²) in [5, 5.41) is 2.00. The molecule has 0 N–H and O–H groups in total. The van der Waals surface area contributed by atoms with Crippen molar-refractivity contribution in [3.63, 3.8) is 0 Å². The average molecular weight is 409 g/mol. The van der Waals surface area contributed by atoms with Crippen LogP contribution in [0.15, 0.2) is 30.3 Å². The number of thiophene rings is 1. The number of carbonyl (C=O) groups excluding carboxylic acids is 1. The van der Waals surface area contributed by atoms with Gasteiger partial charge in [0.1, 0.15) is 10.6 Å². The van der Waals surface area contributed by atoms with Gasteiger partial charge in [-0.25, -0.2) is 4.79 Å². The van der Waals surface area contributed by atoms with Crippen molar-refractivity contribution in [2.24, 2.45) is 5.92 Å². The van der Waals surface area contributed by atoms with Crippen molar-refractivity contribution in [1.82, 2.24) is 4.90 Å². The molecule has 136 valence electrons. The van der Waals surface area contributed by atoms with Gasteiger partial charge in [0, 0.05) is 17.3 Å². The van der Waals surface area contributed by atoms with Crippen LogP contribution in [0, 0.1) is 5.92 Å². The molecule has 1 aromatic heterocycles. The first-order valence-electron chi connectivity index (χ1n) is 8.82. The monoisotopic (exact) mass is 408 g/mol. The number of hydrogen-bond donors (Lipinski definition) is 0. The molecular weight excluding hydrogens is 391 g/mol. The minimum absolute atomic E-state index is 0.221. The van der Waals surface area contributed by atoms with Gasteiger partial charge in [-0.3, -0.25) is 9.80 Å². The molecular formula is C19H18Cl2N2O2S. The zero-order valence-corrected chi connectivity index (χ0v) is 16.4. The number of carbonyl (C=O) groups is 1. The Labute approximate surface area is 166 Å². The van der Waals surface area contributed by atoms with Crippen LogP contribution >= 0.6 is 34.5 Å². The number of hydrogen-bond acceptors (Lipinski definition) is 4. The van der Waals surface area contributed by atoms with E-state index in [0.717, 1.165) is 47.9 Å². The van der Waals surface area contributed by atoms with Gasteiger partial charge < -0.3 is 4.74 Å². The van der Waals surface area contributed by atoms with Gasteiger partial charge in [0.2, 0.25) is 0 Å². The Morgan fingerprint density at radius 3 is 2.58 bits per heavy atom. The highest BCUT2D eigenvalue weighted by Gasteiger charge is 2.55. The first-order chi connectivity index (χ1) is 12.5. The predicted molar refractivity (Wildman–Crippen MR) is 105 cm³/mol. The number of piperidine rings is 3. The molecule has 26 heavy (non-hydrogen) atoms. The van der Waals surface area contributed by atoms with Gasteiger partial charge in [-0.2, -0.15) is 0 Å². The number of rotatable bonds is 2. The summed E-state index contributed by atoms with van der Waals surface area (Å²) < 4.78 is 5.95. The third kappa shape index (κ3) is 2.64. The summed E-state index contributed by atoms with van der Waals surface area (Å²) in [6, 6.07) is 9.61. The lowest BCUT2D eigenvalue weighted by atomic mass is 9.75. The van der Waals surface area contributed by atoms with Gasteiger partial charge in [0.05, 0.1) is 16.6 Å². The molecule has 4 aliphatic rings. The number of amides is 1. The molecule has 1 amide bonds. The first-order valence-corrected chi connectivity index (χ1v) is 10.4. The van der Waals surface area contributed by atoms with Gasteiger partial charge in [0.25, 0.3) is 0 Å². The summed E-state index contributed by atoms with van der Waals surface area (Å²) in [4.78, 5) is 17.9. The molecule has 2 bridgehead atoms. The summed E-state index contributed by atoms with van der Waals surface area (Å²) in [6.45, 7) is 3.77. The maximum Gasteiger partial charge on any atom is 0.415 e. The van der Waals surface area contributed by atoms with Crippen LogP contribution in [0.25, 0.3) is 10.4 Å². The fourth-order valence-corrected chi connectivity index (χ4v) is 5.75. The van der Waals surface area contributed by atoms with E-state index in [2.05, 4.69) is 4.90 Å². The SMILES string of the molecule is O=C1OC2(CN3CCC2CC3)CN1c1ccc(-c2ccc(Cl)c(Cl)c2)s1. The highest BCUT2D eigenvalue weighted by atomic mass is 35.5. The van der Waals surface area contributed by atoms with Crippen LogP contribution in [0.4, 0.5) is 9.80 Å². The molecule has 7 heteroatoms. The van der Waals surface area contributed by atoms with Crippen molar-refractivity contribution in [3.8, 4) is 10.4 Å². The lowest BCUT2D eigenvalue weighted by molar-refractivity contribution is -0.0881. The van der Waals surface area contributed by atoms with Crippen LogP contribution in [-0.4, -0.2) is 42.8 Å². The molecule has 4 nitrogen and oxygen atoms in total. The molecule has 1 unspecified atom stereocenters. The Balaban J connectivity index is 1.41. The molecule has 0 aliphatic carbocycles. The minimum atomic E-state index is -0.332. The lowest BCUT2D eigenvalue weighted by Gasteiger charge is -2.49. The van der Waals surface area contributed by atoms with E-state index in [9.17, 15) is 4.79 Å². The van der Waals surface area contributed by atoms with Crippen LogP contribution < -0.4 is 4.90 Å². The van der Waals surface area contributed by atoms with Crippen LogP contribution in [-0.2, 0) is 4.74 Å². The molecule has 0 saturated carbocycles. The van der Waals surface area contributed by atoms with Crippen molar-refractivity contribution < 1.29 is 9.53 Å². The number of benzene rings is 1. The van der Waals surface area contributed by atoms with Crippen LogP contribution in [0.1, 0.15) is 12.8 Å². The quantitative estimate of drug-likeness (QED) is 0.689. The van der Waals surface area contributed by atoms with E-state index in [-0.39, 0.29) is 11.7 Å².